The fourth-order valence-electron chi connectivity index (χ4n) is 10.4. The molecule has 14 bridgehead atoms. The molecular weight excluding hydrogens is 1180 g/mol. The van der Waals surface area contributed by atoms with Crippen LogP contribution in [0.25, 0.3) is 0 Å². The van der Waals surface area contributed by atoms with Crippen molar-refractivity contribution < 1.29 is 138 Å². The first-order valence-electron chi connectivity index (χ1n) is 24.6. The highest BCUT2D eigenvalue weighted by atomic mass is 32.1. The number of hydrogen-bond acceptors (Lipinski definition) is 35. The van der Waals surface area contributed by atoms with Gasteiger partial charge in [0.25, 0.3) is 0 Å². The van der Waals surface area contributed by atoms with Crippen molar-refractivity contribution in [3.8, 4) is 0 Å². The zero-order chi connectivity index (χ0) is 56.1. The van der Waals surface area contributed by atoms with Gasteiger partial charge in [-0.15, -0.1) is 0 Å². The van der Waals surface area contributed by atoms with Gasteiger partial charge in [-0.05, 0) is 0 Å². The van der Waals surface area contributed by atoms with Crippen molar-refractivity contribution in [1.82, 2.24) is 0 Å². The molecule has 35 heteroatoms. The Bertz CT molecular complexity index is 1490. The standard InChI is InChI=1S/C42H70O28S7/c43-15-22(50)36-57-8(1-71)29(15)64-37-23(51)16(44)31(10(3-73)58-37)66-39-25(53)18(46)33(12(5-75)60-39)68-41-27(55)20(48)35(14(7-77)62-41)70-42-28(56)21(49)34(13(6-76)63-42)69-40-26(54)19(47)32(11(4-74)61-40)67-38-24(52)17(45)30(65-36)9(2-72)59-38/h8-56,71-77H,1-7H2/t8-,9-,10-,11-,12-,13-,14-,15-,16-,17-,18-,19-,20-,21-,22-,23-,24-,25-,26-,27-,28-,29-,30-,31-,32-,33-,34-,35-,36-,37-,38-,39-,40-,41-,42-/m1/s1. The average Bonchev–Trinajstić information content (AvgIpc) is 3.45. The Labute approximate surface area is 478 Å². The lowest BCUT2D eigenvalue weighted by atomic mass is 9.95. The molecule has 0 aromatic carbocycles. The summed E-state index contributed by atoms with van der Waals surface area (Å²) in [4.78, 5) is 0. The Balaban J connectivity index is 1.08. The molecule has 0 spiro atoms. The molecular formula is C42H70O28S7. The lowest BCUT2D eigenvalue weighted by Gasteiger charge is -2.50. The van der Waals surface area contributed by atoms with Gasteiger partial charge in [-0.2, -0.15) is 88.4 Å². The van der Waals surface area contributed by atoms with E-state index in [9.17, 15) is 71.5 Å². The van der Waals surface area contributed by atoms with Crippen LogP contribution in [0.2, 0.25) is 0 Å². The number of hydrogen-bond donors (Lipinski definition) is 21. The normalized spacial score (nSPS) is 55.4. The van der Waals surface area contributed by atoms with Crippen LogP contribution in [0.1, 0.15) is 0 Å². The van der Waals surface area contributed by atoms with E-state index in [1.54, 1.807) is 0 Å². The average molecular weight is 1250 g/mol. The van der Waals surface area contributed by atoms with Crippen molar-refractivity contribution in [2.24, 2.45) is 0 Å². The van der Waals surface area contributed by atoms with Crippen LogP contribution in [0.15, 0.2) is 0 Å². The Morgan fingerprint density at radius 2 is 0.273 bits per heavy atom. The van der Waals surface area contributed by atoms with Crippen molar-refractivity contribution in [3.05, 3.63) is 0 Å². The SMILES string of the molecule is O[C@@H]1[C@@H](O)[C@H]2O[C@H]3[C@H](O)[C@@H](O)[C@@H](O[C@H]4[C@H](O)[C@@H](O)[C@@H](O[C@H]5[C@H](O)[C@@H](O)[C@@H](O[C@H]6[C@H](O)[C@@H](O)[C@@H](O[C@H]7[C@H](O)[C@@H](O)[C@@H](O[C@H]8[C@H](O)[C@@H](O)[C@@H](O[C@@H]1[C@@H](CS)O2)O[C@@H]8CS)O[C@@H]7CS)O[C@@H]6CS)O[C@@H]5CS)O[C@@H]4CS)O[C@@H]3CS. The van der Waals surface area contributed by atoms with E-state index >= 15 is 0 Å². The molecule has 0 amide bonds. The van der Waals surface area contributed by atoms with E-state index in [4.69, 9.17) is 66.3 Å². The monoisotopic (exact) mass is 1250 g/mol. The quantitative estimate of drug-likeness (QED) is 0.105. The highest BCUT2D eigenvalue weighted by molar-refractivity contribution is 7.81. The number of rotatable bonds is 7. The lowest BCUT2D eigenvalue weighted by molar-refractivity contribution is -0.389. The lowest BCUT2D eigenvalue weighted by Crippen LogP contribution is -2.68. The maximum absolute atomic E-state index is 11.5. The summed E-state index contributed by atoms with van der Waals surface area (Å²) in [5.41, 5.74) is 0. The van der Waals surface area contributed by atoms with Gasteiger partial charge in [-0.3, -0.25) is 0 Å². The maximum Gasteiger partial charge on any atom is 0.187 e. The van der Waals surface area contributed by atoms with Crippen LogP contribution < -0.4 is 0 Å². The van der Waals surface area contributed by atoms with Gasteiger partial charge in [0.05, 0.1) is 42.7 Å². The summed E-state index contributed by atoms with van der Waals surface area (Å²) in [6, 6.07) is 0. The molecule has 0 aromatic rings. The van der Waals surface area contributed by atoms with Crippen LogP contribution in [0.5, 0.6) is 0 Å². The van der Waals surface area contributed by atoms with Crippen LogP contribution in [0.4, 0.5) is 0 Å². The van der Waals surface area contributed by atoms with E-state index in [1.807, 2.05) is 0 Å². The first-order valence-corrected chi connectivity index (χ1v) is 29.0. The summed E-state index contributed by atoms with van der Waals surface area (Å²) < 4.78 is 83.5. The predicted octanol–water partition coefficient (Wildman–Crippen LogP) is -8.67. The Hall–Kier alpha value is 1.33. The van der Waals surface area contributed by atoms with Crippen molar-refractivity contribution in [3.63, 3.8) is 0 Å². The zero-order valence-corrected chi connectivity index (χ0v) is 46.5. The Kier molecular flexibility index (Phi) is 23.2. The Morgan fingerprint density at radius 1 is 0.169 bits per heavy atom. The molecule has 0 radical (unpaired) electrons. The first kappa shape index (κ1) is 64.3. The number of aliphatic hydroxyl groups excluding tert-OH is 14. The van der Waals surface area contributed by atoms with Gasteiger partial charge in [0, 0.05) is 40.3 Å². The van der Waals surface area contributed by atoms with Crippen LogP contribution in [0.3, 0.4) is 0 Å². The van der Waals surface area contributed by atoms with Crippen molar-refractivity contribution >= 4 is 88.4 Å². The molecule has 448 valence electrons. The topological polar surface area (TPSA) is 412 Å². The van der Waals surface area contributed by atoms with E-state index < -0.39 is 215 Å². The summed E-state index contributed by atoms with van der Waals surface area (Å²) in [5, 5.41) is 160. The third kappa shape index (κ3) is 13.1. The van der Waals surface area contributed by atoms with Crippen molar-refractivity contribution in [2.75, 3.05) is 40.3 Å². The minimum absolute atomic E-state index is 0.240. The molecule has 28 nitrogen and oxygen atoms in total. The van der Waals surface area contributed by atoms with Crippen LogP contribution >= 0.6 is 88.4 Å². The fourth-order valence-corrected chi connectivity index (χ4v) is 12.5. The van der Waals surface area contributed by atoms with Gasteiger partial charge in [-0.25, -0.2) is 0 Å². The van der Waals surface area contributed by atoms with E-state index in [2.05, 4.69) is 88.4 Å². The van der Waals surface area contributed by atoms with Crippen LogP contribution in [0, 0.1) is 0 Å². The fraction of sp³-hybridized carbons (Fsp3) is 1.00. The molecule has 21 heterocycles. The van der Waals surface area contributed by atoms with Gasteiger partial charge >= 0.3 is 0 Å². The maximum atomic E-state index is 11.5. The molecule has 77 heavy (non-hydrogen) atoms. The molecule has 0 unspecified atom stereocenters. The number of aliphatic hydroxyl groups is 14. The second-order valence-corrected chi connectivity index (χ2v) is 22.2. The minimum atomic E-state index is -1.99. The molecule has 14 N–H and O–H groups in total. The van der Waals surface area contributed by atoms with Gasteiger partial charge < -0.3 is 138 Å². The van der Waals surface area contributed by atoms with Crippen molar-refractivity contribution in [1.29, 1.82) is 0 Å². The molecule has 0 aromatic heterocycles. The molecule has 0 aliphatic carbocycles. The second kappa shape index (κ2) is 27.8. The van der Waals surface area contributed by atoms with E-state index in [0.29, 0.717) is 0 Å². The van der Waals surface area contributed by atoms with Crippen LogP contribution in [-0.2, 0) is 66.3 Å². The zero-order valence-electron chi connectivity index (χ0n) is 40.3. The van der Waals surface area contributed by atoms with E-state index in [0.717, 1.165) is 0 Å². The molecule has 21 saturated heterocycles. The van der Waals surface area contributed by atoms with E-state index in [1.165, 1.54) is 0 Å². The predicted molar refractivity (Wildman–Crippen MR) is 276 cm³/mol. The first-order chi connectivity index (χ1) is 36.7. The summed E-state index contributed by atoms with van der Waals surface area (Å²) in [7, 11) is 0. The molecule has 21 rings (SSSR count). The highest BCUT2D eigenvalue weighted by Gasteiger charge is 2.59. The summed E-state index contributed by atoms with van der Waals surface area (Å²) in [6.45, 7) is 0. The van der Waals surface area contributed by atoms with Crippen molar-refractivity contribution in [2.45, 2.75) is 215 Å². The third-order valence-electron chi connectivity index (χ3n) is 14.8. The summed E-state index contributed by atoms with van der Waals surface area (Å²) in [5.74, 6) is -1.68. The molecule has 21 fully saturated rings. The van der Waals surface area contributed by atoms with Crippen LogP contribution in [-0.4, -0.2) is 327 Å². The van der Waals surface area contributed by atoms with E-state index in [-0.39, 0.29) is 40.3 Å². The molecule has 0 saturated carbocycles. The van der Waals surface area contributed by atoms with Gasteiger partial charge in [0.1, 0.15) is 128 Å². The molecule has 21 aliphatic heterocycles. The molecule has 21 aliphatic rings. The number of ether oxygens (including phenoxy) is 14. The second-order valence-electron chi connectivity index (χ2n) is 19.7. The van der Waals surface area contributed by atoms with Gasteiger partial charge in [0.15, 0.2) is 44.0 Å². The molecule has 35 atom stereocenters. The van der Waals surface area contributed by atoms with Gasteiger partial charge in [0.2, 0.25) is 0 Å². The third-order valence-corrected chi connectivity index (χ3v) is 17.3. The smallest absolute Gasteiger partial charge is 0.187 e. The number of thiol groups is 7. The van der Waals surface area contributed by atoms with Gasteiger partial charge in [-0.1, -0.05) is 0 Å². The summed E-state index contributed by atoms with van der Waals surface area (Å²) in [6.07, 6.45) is -59.8. The minimum Gasteiger partial charge on any atom is -0.387 e. The Morgan fingerprint density at radius 3 is 0.364 bits per heavy atom. The largest absolute Gasteiger partial charge is 0.387 e. The highest BCUT2D eigenvalue weighted by Crippen LogP contribution is 2.39. The summed E-state index contributed by atoms with van der Waals surface area (Å²) >= 11 is 30.2.